The van der Waals surface area contributed by atoms with Crippen molar-refractivity contribution in [2.75, 3.05) is 25.5 Å². The summed E-state index contributed by atoms with van der Waals surface area (Å²) in [6, 6.07) is 11.7. The Hall–Kier alpha value is -4.61. The highest BCUT2D eigenvalue weighted by Crippen LogP contribution is 2.34. The fraction of sp³-hybridized carbons (Fsp3) is 0.261. The van der Waals surface area contributed by atoms with Gasteiger partial charge in [0.25, 0.3) is 0 Å². The molecule has 184 valence electrons. The number of amides is 3. The maximum absolute atomic E-state index is 12.1. The molecule has 0 aliphatic heterocycles. The second-order valence-electron chi connectivity index (χ2n) is 7.32. The van der Waals surface area contributed by atoms with Crippen LogP contribution in [0.5, 0.6) is 17.2 Å². The predicted molar refractivity (Wildman–Crippen MR) is 125 cm³/mol. The number of aromatic nitrogens is 2. The van der Waals surface area contributed by atoms with E-state index in [1.807, 2.05) is 0 Å². The molecule has 0 saturated heterocycles. The summed E-state index contributed by atoms with van der Waals surface area (Å²) in [4.78, 5) is 48.3. The smallest absolute Gasteiger partial charge is 0.439 e. The van der Waals surface area contributed by atoms with Gasteiger partial charge in [-0.05, 0) is 42.5 Å². The molecule has 1 heterocycles. The van der Waals surface area contributed by atoms with E-state index in [0.29, 0.717) is 41.6 Å². The second kappa shape index (κ2) is 12.0. The molecule has 35 heavy (non-hydrogen) atoms. The van der Waals surface area contributed by atoms with E-state index < -0.39 is 5.76 Å². The van der Waals surface area contributed by atoms with Crippen LogP contribution in [0, 0.1) is 0 Å². The minimum atomic E-state index is -0.659. The number of H-pyrrole nitrogens is 1. The van der Waals surface area contributed by atoms with Crippen LogP contribution in [-0.4, -0.2) is 48.1 Å². The van der Waals surface area contributed by atoms with Crippen LogP contribution in [0.25, 0.3) is 11.4 Å². The van der Waals surface area contributed by atoms with E-state index in [1.165, 1.54) is 14.0 Å². The zero-order valence-corrected chi connectivity index (χ0v) is 19.2. The summed E-state index contributed by atoms with van der Waals surface area (Å²) in [5.74, 6) is 0.206. The first-order valence-corrected chi connectivity index (χ1v) is 10.7. The highest BCUT2D eigenvalue weighted by molar-refractivity contribution is 5.93. The van der Waals surface area contributed by atoms with Gasteiger partial charge in [-0.2, -0.15) is 0 Å². The van der Waals surface area contributed by atoms with Gasteiger partial charge in [0.1, 0.15) is 5.75 Å². The Bertz CT molecular complexity index is 1230. The van der Waals surface area contributed by atoms with Gasteiger partial charge in [0.2, 0.25) is 17.7 Å². The number of hydrogen-bond acceptors (Lipinski definition) is 8. The SMILES string of the molecule is COc1cc(-c2noc(=O)[nH]2)ccc1Oc1ccc(NC(=O)CCC(=O)NCCNC(C)=O)cc1. The number of methoxy groups -OCH3 is 1. The maximum atomic E-state index is 12.1. The molecule has 0 saturated carbocycles. The third kappa shape index (κ3) is 7.74. The Balaban J connectivity index is 1.50. The van der Waals surface area contributed by atoms with Crippen molar-refractivity contribution in [3.63, 3.8) is 0 Å². The number of carbonyl (C=O) groups excluding carboxylic acids is 3. The highest BCUT2D eigenvalue weighted by Gasteiger charge is 2.12. The predicted octanol–water partition coefficient (Wildman–Crippen LogP) is 1.80. The molecule has 0 aliphatic rings. The minimum absolute atomic E-state index is 0.0184. The second-order valence-corrected chi connectivity index (χ2v) is 7.32. The lowest BCUT2D eigenvalue weighted by atomic mass is 10.2. The maximum Gasteiger partial charge on any atom is 0.439 e. The monoisotopic (exact) mass is 483 g/mol. The van der Waals surface area contributed by atoms with Crippen LogP contribution in [0.1, 0.15) is 19.8 Å². The number of anilines is 1. The molecule has 12 nitrogen and oxygen atoms in total. The van der Waals surface area contributed by atoms with E-state index in [-0.39, 0.29) is 36.4 Å². The van der Waals surface area contributed by atoms with Gasteiger partial charge in [-0.15, -0.1) is 0 Å². The Kier molecular flexibility index (Phi) is 8.59. The van der Waals surface area contributed by atoms with Crippen molar-refractivity contribution in [3.8, 4) is 28.6 Å². The molecule has 0 aliphatic carbocycles. The molecule has 3 rings (SSSR count). The quantitative estimate of drug-likeness (QED) is 0.300. The third-order valence-corrected chi connectivity index (χ3v) is 4.64. The Morgan fingerprint density at radius 1 is 0.971 bits per heavy atom. The number of carbonyl (C=O) groups is 3. The summed E-state index contributed by atoms with van der Waals surface area (Å²) in [5.41, 5.74) is 1.13. The van der Waals surface area contributed by atoms with Gasteiger partial charge in [-0.1, -0.05) is 5.16 Å². The molecule has 2 aromatic carbocycles. The van der Waals surface area contributed by atoms with Gasteiger partial charge in [0.05, 0.1) is 7.11 Å². The minimum Gasteiger partial charge on any atom is -0.493 e. The summed E-state index contributed by atoms with van der Waals surface area (Å²) in [6.07, 6.45) is 0.0513. The molecule has 3 aromatic rings. The van der Waals surface area contributed by atoms with Gasteiger partial charge >= 0.3 is 5.76 Å². The van der Waals surface area contributed by atoms with Gasteiger partial charge < -0.3 is 25.4 Å². The molecule has 3 amide bonds. The number of hydrogen-bond donors (Lipinski definition) is 4. The van der Waals surface area contributed by atoms with Crippen LogP contribution in [-0.2, 0) is 14.4 Å². The van der Waals surface area contributed by atoms with E-state index in [9.17, 15) is 19.2 Å². The van der Waals surface area contributed by atoms with Crippen molar-refractivity contribution in [3.05, 3.63) is 53.0 Å². The molecule has 1 aromatic heterocycles. The van der Waals surface area contributed by atoms with E-state index >= 15 is 0 Å². The molecule has 0 radical (unpaired) electrons. The number of rotatable bonds is 11. The zero-order valence-electron chi connectivity index (χ0n) is 19.2. The van der Waals surface area contributed by atoms with Crippen molar-refractivity contribution >= 4 is 23.4 Å². The summed E-state index contributed by atoms with van der Waals surface area (Å²) in [7, 11) is 1.49. The number of nitrogens with zero attached hydrogens (tertiary/aromatic N) is 1. The van der Waals surface area contributed by atoms with Crippen molar-refractivity contribution in [2.24, 2.45) is 0 Å². The van der Waals surface area contributed by atoms with Crippen molar-refractivity contribution in [1.29, 1.82) is 0 Å². The van der Waals surface area contributed by atoms with E-state index in [2.05, 4.69) is 30.6 Å². The molecule has 12 heteroatoms. The summed E-state index contributed by atoms with van der Waals surface area (Å²) < 4.78 is 15.7. The normalized spacial score (nSPS) is 10.3. The lowest BCUT2D eigenvalue weighted by molar-refractivity contribution is -0.124. The number of nitrogens with one attached hydrogen (secondary N) is 4. The van der Waals surface area contributed by atoms with Crippen LogP contribution >= 0.6 is 0 Å². The van der Waals surface area contributed by atoms with Gasteiger partial charge in [-0.25, -0.2) is 4.79 Å². The summed E-state index contributed by atoms with van der Waals surface area (Å²) in [5, 5.41) is 11.6. The van der Waals surface area contributed by atoms with Crippen LogP contribution in [0.3, 0.4) is 0 Å². The van der Waals surface area contributed by atoms with Crippen molar-refractivity contribution in [1.82, 2.24) is 20.8 Å². The van der Waals surface area contributed by atoms with Crippen LogP contribution in [0.15, 0.2) is 51.8 Å². The van der Waals surface area contributed by atoms with E-state index in [4.69, 9.17) is 9.47 Å². The van der Waals surface area contributed by atoms with Crippen LogP contribution < -0.4 is 31.2 Å². The van der Waals surface area contributed by atoms with Gasteiger partial charge in [0, 0.05) is 44.1 Å². The molecular formula is C23H25N5O7. The first-order valence-electron chi connectivity index (χ1n) is 10.7. The van der Waals surface area contributed by atoms with E-state index in [1.54, 1.807) is 42.5 Å². The van der Waals surface area contributed by atoms with Crippen LogP contribution in [0.2, 0.25) is 0 Å². The van der Waals surface area contributed by atoms with Gasteiger partial charge in [0.15, 0.2) is 17.3 Å². The average Bonchev–Trinajstić information content (AvgIpc) is 3.28. The molecule has 4 N–H and O–H groups in total. The first kappa shape index (κ1) is 25.0. The number of aromatic amines is 1. The zero-order chi connectivity index (χ0) is 25.2. The molecule has 0 bridgehead atoms. The largest absolute Gasteiger partial charge is 0.493 e. The van der Waals surface area contributed by atoms with Gasteiger partial charge in [-0.3, -0.25) is 23.9 Å². The third-order valence-electron chi connectivity index (χ3n) is 4.64. The molecular weight excluding hydrogens is 458 g/mol. The average molecular weight is 483 g/mol. The van der Waals surface area contributed by atoms with Crippen molar-refractivity contribution < 1.29 is 28.4 Å². The van der Waals surface area contributed by atoms with Crippen molar-refractivity contribution in [2.45, 2.75) is 19.8 Å². The molecule has 0 unspecified atom stereocenters. The van der Waals surface area contributed by atoms with E-state index in [0.717, 1.165) is 0 Å². The summed E-state index contributed by atoms with van der Waals surface area (Å²) in [6.45, 7) is 2.03. The Morgan fingerprint density at radius 3 is 2.34 bits per heavy atom. The fourth-order valence-corrected chi connectivity index (χ4v) is 2.97. The lowest BCUT2D eigenvalue weighted by Crippen LogP contribution is -2.33. The standard InChI is InChI=1S/C23H25N5O7/c1-14(29)24-11-12-25-20(30)9-10-21(31)26-16-4-6-17(7-5-16)34-18-8-3-15(13-19(18)33-2)22-27-23(32)35-28-22/h3-8,13H,9-12H2,1-2H3,(H,24,29)(H,25,30)(H,26,31)(H,27,28,32). The Labute approximate surface area is 200 Å². The fourth-order valence-electron chi connectivity index (χ4n) is 2.97. The topological polar surface area (TPSA) is 165 Å². The Morgan fingerprint density at radius 2 is 1.69 bits per heavy atom. The molecule has 0 fully saturated rings. The number of benzene rings is 2. The highest BCUT2D eigenvalue weighted by atomic mass is 16.5. The molecule has 0 spiro atoms. The van der Waals surface area contributed by atoms with Crippen LogP contribution in [0.4, 0.5) is 5.69 Å². The molecule has 0 atom stereocenters. The number of ether oxygens (including phenoxy) is 2. The first-order chi connectivity index (χ1) is 16.8. The lowest BCUT2D eigenvalue weighted by Gasteiger charge is -2.12. The summed E-state index contributed by atoms with van der Waals surface area (Å²) >= 11 is 0.